The fraction of sp³-hybridized carbons (Fsp3) is 0.375. The predicted molar refractivity (Wildman–Crippen MR) is 85.7 cm³/mol. The maximum Gasteiger partial charge on any atom is 0.198 e. The van der Waals surface area contributed by atoms with E-state index in [-0.39, 0.29) is 16.6 Å². The minimum Gasteiger partial charge on any atom is -0.387 e. The summed E-state index contributed by atoms with van der Waals surface area (Å²) in [5.41, 5.74) is 1.96. The molecule has 6 nitrogen and oxygen atoms in total. The number of sulfone groups is 1. The molecule has 2 aromatic rings. The molecule has 0 amide bonds. The second-order valence-corrected chi connectivity index (χ2v) is 7.82. The molecule has 23 heavy (non-hydrogen) atoms. The lowest BCUT2D eigenvalue weighted by molar-refractivity contribution is 0.103. The molecular formula is C16H18N2O4S. The Morgan fingerprint density at radius 3 is 2.57 bits per heavy atom. The summed E-state index contributed by atoms with van der Waals surface area (Å²) in [5, 5.41) is 6.64. The third kappa shape index (κ3) is 2.76. The Labute approximate surface area is 134 Å². The molecule has 1 aliphatic rings. The Bertz CT molecular complexity index is 879. The van der Waals surface area contributed by atoms with Crippen LogP contribution in [0.15, 0.2) is 27.7 Å². The van der Waals surface area contributed by atoms with Gasteiger partial charge in [0, 0.05) is 24.8 Å². The summed E-state index contributed by atoms with van der Waals surface area (Å²) < 4.78 is 29.0. The van der Waals surface area contributed by atoms with E-state index in [4.69, 9.17) is 4.52 Å². The first-order valence-corrected chi connectivity index (χ1v) is 9.24. The van der Waals surface area contributed by atoms with E-state index in [1.807, 2.05) is 0 Å². The standard InChI is InChI=1S/C16H18N2O4S/c1-9-11(6-7-13(14(9)17-2)23(3,20)21)15(19)12-8-18-22-16(12)10-4-5-10/h6-8,10,17H,4-5H2,1-3H3. The van der Waals surface area contributed by atoms with Gasteiger partial charge in [0.05, 0.1) is 22.3 Å². The molecule has 1 heterocycles. The number of nitrogens with zero attached hydrogens (tertiary/aromatic N) is 1. The average Bonchev–Trinajstić information content (AvgIpc) is 3.22. The summed E-state index contributed by atoms with van der Waals surface area (Å²) in [7, 11) is -1.74. The van der Waals surface area contributed by atoms with Crippen LogP contribution in [0.4, 0.5) is 5.69 Å². The molecule has 0 spiro atoms. The lowest BCUT2D eigenvalue weighted by Gasteiger charge is -2.14. The highest BCUT2D eigenvalue weighted by molar-refractivity contribution is 7.90. The molecule has 1 aromatic heterocycles. The summed E-state index contributed by atoms with van der Waals surface area (Å²) in [4.78, 5) is 13.0. The SMILES string of the molecule is CNc1c(S(C)(=O)=O)ccc(C(=O)c2cnoc2C2CC2)c1C. The predicted octanol–water partition coefficient (Wildman–Crippen LogP) is 2.54. The number of benzene rings is 1. The third-order valence-corrected chi connectivity index (χ3v) is 5.25. The third-order valence-electron chi connectivity index (χ3n) is 4.11. The van der Waals surface area contributed by atoms with Gasteiger partial charge in [0.2, 0.25) is 0 Å². The van der Waals surface area contributed by atoms with Crippen molar-refractivity contribution in [1.82, 2.24) is 5.16 Å². The molecule has 1 aromatic carbocycles. The van der Waals surface area contributed by atoms with Crippen LogP contribution in [-0.4, -0.2) is 32.7 Å². The van der Waals surface area contributed by atoms with Gasteiger partial charge in [0.1, 0.15) is 0 Å². The average molecular weight is 334 g/mol. The van der Waals surface area contributed by atoms with Crippen LogP contribution >= 0.6 is 0 Å². The van der Waals surface area contributed by atoms with Crippen LogP contribution in [0, 0.1) is 6.92 Å². The first-order valence-electron chi connectivity index (χ1n) is 7.35. The monoisotopic (exact) mass is 334 g/mol. The minimum absolute atomic E-state index is 0.182. The molecule has 0 atom stereocenters. The molecule has 0 radical (unpaired) electrons. The largest absolute Gasteiger partial charge is 0.387 e. The molecule has 0 unspecified atom stereocenters. The first kappa shape index (κ1) is 15.7. The Morgan fingerprint density at radius 2 is 2.00 bits per heavy atom. The summed E-state index contributed by atoms with van der Waals surface area (Å²) in [6.07, 6.45) is 4.60. The van der Waals surface area contributed by atoms with E-state index >= 15 is 0 Å². The van der Waals surface area contributed by atoms with Gasteiger partial charge >= 0.3 is 0 Å². The van der Waals surface area contributed by atoms with Crippen molar-refractivity contribution in [2.45, 2.75) is 30.6 Å². The van der Waals surface area contributed by atoms with Gasteiger partial charge in [-0.05, 0) is 37.5 Å². The van der Waals surface area contributed by atoms with E-state index in [1.54, 1.807) is 20.0 Å². The number of aromatic nitrogens is 1. The van der Waals surface area contributed by atoms with Crippen molar-refractivity contribution in [2.75, 3.05) is 18.6 Å². The van der Waals surface area contributed by atoms with Crippen molar-refractivity contribution in [2.24, 2.45) is 0 Å². The number of anilines is 1. The Morgan fingerprint density at radius 1 is 1.30 bits per heavy atom. The van der Waals surface area contributed by atoms with Gasteiger partial charge in [0.15, 0.2) is 21.4 Å². The number of carbonyl (C=O) groups is 1. The van der Waals surface area contributed by atoms with Gasteiger partial charge < -0.3 is 9.84 Å². The van der Waals surface area contributed by atoms with Crippen molar-refractivity contribution in [1.29, 1.82) is 0 Å². The van der Waals surface area contributed by atoms with Gasteiger partial charge in [-0.3, -0.25) is 4.79 Å². The van der Waals surface area contributed by atoms with Crippen LogP contribution < -0.4 is 5.32 Å². The number of carbonyl (C=O) groups excluding carboxylic acids is 1. The molecule has 0 saturated heterocycles. The zero-order valence-electron chi connectivity index (χ0n) is 13.2. The maximum atomic E-state index is 12.8. The minimum atomic E-state index is -3.38. The number of hydrogen-bond donors (Lipinski definition) is 1. The number of nitrogens with one attached hydrogen (secondary N) is 1. The number of hydrogen-bond acceptors (Lipinski definition) is 6. The van der Waals surface area contributed by atoms with Gasteiger partial charge in [-0.1, -0.05) is 5.16 Å². The molecule has 1 aliphatic carbocycles. The van der Waals surface area contributed by atoms with Gasteiger partial charge in [-0.2, -0.15) is 0 Å². The fourth-order valence-electron chi connectivity index (χ4n) is 2.76. The second kappa shape index (κ2) is 5.49. The topological polar surface area (TPSA) is 89.3 Å². The van der Waals surface area contributed by atoms with Crippen LogP contribution in [0.1, 0.15) is 46.0 Å². The van der Waals surface area contributed by atoms with Crippen molar-refractivity contribution in [3.63, 3.8) is 0 Å². The number of ketones is 1. The smallest absolute Gasteiger partial charge is 0.198 e. The van der Waals surface area contributed by atoms with E-state index in [0.717, 1.165) is 19.1 Å². The highest BCUT2D eigenvalue weighted by atomic mass is 32.2. The van der Waals surface area contributed by atoms with Crippen molar-refractivity contribution in [3.8, 4) is 0 Å². The van der Waals surface area contributed by atoms with Crippen LogP contribution in [0.25, 0.3) is 0 Å². The van der Waals surface area contributed by atoms with Gasteiger partial charge in [0.25, 0.3) is 0 Å². The van der Waals surface area contributed by atoms with Crippen LogP contribution in [0.5, 0.6) is 0 Å². The molecule has 0 bridgehead atoms. The summed E-state index contributed by atoms with van der Waals surface area (Å²) >= 11 is 0. The van der Waals surface area contributed by atoms with Crippen molar-refractivity contribution < 1.29 is 17.7 Å². The lowest BCUT2D eigenvalue weighted by Crippen LogP contribution is -2.10. The Hall–Kier alpha value is -2.15. The summed E-state index contributed by atoms with van der Waals surface area (Å²) in [6, 6.07) is 3.02. The molecular weight excluding hydrogens is 316 g/mol. The zero-order valence-corrected chi connectivity index (χ0v) is 14.0. The molecule has 7 heteroatoms. The lowest BCUT2D eigenvalue weighted by atomic mass is 9.97. The fourth-order valence-corrected chi connectivity index (χ4v) is 3.70. The Kier molecular flexibility index (Phi) is 3.75. The van der Waals surface area contributed by atoms with E-state index in [0.29, 0.717) is 28.1 Å². The van der Waals surface area contributed by atoms with E-state index in [1.165, 1.54) is 12.3 Å². The molecule has 122 valence electrons. The molecule has 3 rings (SSSR count). The zero-order chi connectivity index (χ0) is 16.8. The van der Waals surface area contributed by atoms with Gasteiger partial charge in [-0.25, -0.2) is 8.42 Å². The normalized spacial score (nSPS) is 14.7. The quantitative estimate of drug-likeness (QED) is 0.845. The van der Waals surface area contributed by atoms with Crippen molar-refractivity contribution >= 4 is 21.3 Å². The van der Waals surface area contributed by atoms with Crippen molar-refractivity contribution in [3.05, 3.63) is 40.8 Å². The summed E-state index contributed by atoms with van der Waals surface area (Å²) in [6.45, 7) is 1.73. The highest BCUT2D eigenvalue weighted by Crippen LogP contribution is 2.42. The maximum absolute atomic E-state index is 12.8. The van der Waals surface area contributed by atoms with Crippen LogP contribution in [-0.2, 0) is 9.84 Å². The van der Waals surface area contributed by atoms with Gasteiger partial charge in [-0.15, -0.1) is 0 Å². The molecule has 1 saturated carbocycles. The van der Waals surface area contributed by atoms with Crippen LogP contribution in [0.3, 0.4) is 0 Å². The highest BCUT2D eigenvalue weighted by Gasteiger charge is 2.33. The van der Waals surface area contributed by atoms with E-state index < -0.39 is 9.84 Å². The summed E-state index contributed by atoms with van der Waals surface area (Å²) in [5.74, 6) is 0.714. The first-order chi connectivity index (χ1) is 10.8. The molecule has 0 aliphatic heterocycles. The van der Waals surface area contributed by atoms with Crippen LogP contribution in [0.2, 0.25) is 0 Å². The van der Waals surface area contributed by atoms with E-state index in [2.05, 4.69) is 10.5 Å². The second-order valence-electron chi connectivity index (χ2n) is 5.84. The number of rotatable bonds is 5. The molecule has 1 fully saturated rings. The Balaban J connectivity index is 2.10. The van der Waals surface area contributed by atoms with E-state index in [9.17, 15) is 13.2 Å². The molecule has 1 N–H and O–H groups in total.